The summed E-state index contributed by atoms with van der Waals surface area (Å²) in [6.45, 7) is 4.41. The molecule has 0 saturated carbocycles. The Balaban J connectivity index is 1.92. The van der Waals surface area contributed by atoms with E-state index in [-0.39, 0.29) is 18.0 Å². The standard InChI is InChI=1S/C19H19FN2O4S/c1-3-25-8-9-26-19(24)12(2)22-11-21-17-16(18(22)23)15(10-27-17)13-4-6-14(20)7-5-13/h4-7,10-12H,3,8-9H2,1-2H3/t12-/m0/s1. The van der Waals surface area contributed by atoms with E-state index in [9.17, 15) is 14.0 Å². The number of hydrogen-bond donors (Lipinski definition) is 0. The lowest BCUT2D eigenvalue weighted by Crippen LogP contribution is -2.30. The molecule has 1 aromatic carbocycles. The normalized spacial score (nSPS) is 12.3. The van der Waals surface area contributed by atoms with Crippen LogP contribution in [-0.4, -0.2) is 35.3 Å². The molecule has 6 nitrogen and oxygen atoms in total. The topological polar surface area (TPSA) is 70.4 Å². The third-order valence-corrected chi connectivity index (χ3v) is 5.00. The van der Waals surface area contributed by atoms with Crippen molar-refractivity contribution in [3.63, 3.8) is 0 Å². The first-order chi connectivity index (χ1) is 13.0. The van der Waals surface area contributed by atoms with Crippen LogP contribution in [0.3, 0.4) is 0 Å². The van der Waals surface area contributed by atoms with Crippen molar-refractivity contribution < 1.29 is 18.7 Å². The highest BCUT2D eigenvalue weighted by Crippen LogP contribution is 2.30. The van der Waals surface area contributed by atoms with Crippen molar-refractivity contribution in [3.8, 4) is 11.1 Å². The predicted octanol–water partition coefficient (Wildman–Crippen LogP) is 3.40. The summed E-state index contributed by atoms with van der Waals surface area (Å²) >= 11 is 1.32. The molecule has 1 atom stereocenters. The van der Waals surface area contributed by atoms with Gasteiger partial charge in [0.2, 0.25) is 0 Å². The van der Waals surface area contributed by atoms with E-state index < -0.39 is 12.0 Å². The van der Waals surface area contributed by atoms with Crippen molar-refractivity contribution in [2.45, 2.75) is 19.9 Å². The van der Waals surface area contributed by atoms with Crippen LogP contribution in [0.5, 0.6) is 0 Å². The Morgan fingerprint density at radius 3 is 2.74 bits per heavy atom. The highest BCUT2D eigenvalue weighted by Gasteiger charge is 2.21. The van der Waals surface area contributed by atoms with Gasteiger partial charge in [-0.3, -0.25) is 9.36 Å². The largest absolute Gasteiger partial charge is 0.462 e. The van der Waals surface area contributed by atoms with Gasteiger partial charge in [0.25, 0.3) is 5.56 Å². The molecule has 3 rings (SSSR count). The fourth-order valence-electron chi connectivity index (χ4n) is 2.64. The Kier molecular flexibility index (Phi) is 5.98. The number of halogens is 1. The number of thiophene rings is 1. The Hall–Kier alpha value is -2.58. The van der Waals surface area contributed by atoms with E-state index in [0.717, 1.165) is 0 Å². The van der Waals surface area contributed by atoms with Crippen LogP contribution in [0, 0.1) is 5.82 Å². The minimum atomic E-state index is -0.822. The molecule has 0 aliphatic heterocycles. The van der Waals surface area contributed by atoms with Crippen molar-refractivity contribution in [1.82, 2.24) is 9.55 Å². The number of ether oxygens (including phenoxy) is 2. The number of esters is 1. The summed E-state index contributed by atoms with van der Waals surface area (Å²) in [6, 6.07) is 5.08. The molecule has 0 amide bonds. The first kappa shape index (κ1) is 19.2. The summed E-state index contributed by atoms with van der Waals surface area (Å²) in [5.74, 6) is -0.881. The Morgan fingerprint density at radius 2 is 2.04 bits per heavy atom. The van der Waals surface area contributed by atoms with Gasteiger partial charge in [-0.25, -0.2) is 14.2 Å². The fraction of sp³-hybridized carbons (Fsp3) is 0.316. The molecule has 0 fully saturated rings. The summed E-state index contributed by atoms with van der Waals surface area (Å²) in [5.41, 5.74) is 1.04. The zero-order chi connectivity index (χ0) is 19.4. The molecule has 0 saturated heterocycles. The monoisotopic (exact) mass is 390 g/mol. The second-order valence-corrected chi connectivity index (χ2v) is 6.69. The highest BCUT2D eigenvalue weighted by atomic mass is 32.1. The summed E-state index contributed by atoms with van der Waals surface area (Å²) < 4.78 is 24.7. The van der Waals surface area contributed by atoms with Crippen molar-refractivity contribution in [3.05, 3.63) is 52.1 Å². The molecule has 0 aliphatic carbocycles. The van der Waals surface area contributed by atoms with E-state index in [0.29, 0.717) is 34.6 Å². The molecule has 0 bridgehead atoms. The molecule has 142 valence electrons. The summed E-state index contributed by atoms with van der Waals surface area (Å²) in [4.78, 5) is 30.1. The van der Waals surface area contributed by atoms with Crippen LogP contribution >= 0.6 is 11.3 Å². The van der Waals surface area contributed by atoms with Crippen molar-refractivity contribution in [2.75, 3.05) is 19.8 Å². The van der Waals surface area contributed by atoms with Gasteiger partial charge in [-0.2, -0.15) is 0 Å². The van der Waals surface area contributed by atoms with Crippen molar-refractivity contribution in [2.24, 2.45) is 0 Å². The van der Waals surface area contributed by atoms with E-state index in [4.69, 9.17) is 9.47 Å². The van der Waals surface area contributed by atoms with Gasteiger partial charge in [-0.15, -0.1) is 11.3 Å². The summed E-state index contributed by atoms with van der Waals surface area (Å²) in [5, 5.41) is 2.21. The second kappa shape index (κ2) is 8.41. The number of hydrogen-bond acceptors (Lipinski definition) is 6. The lowest BCUT2D eigenvalue weighted by atomic mass is 10.1. The van der Waals surface area contributed by atoms with E-state index in [1.165, 1.54) is 34.4 Å². The first-order valence-electron chi connectivity index (χ1n) is 8.51. The molecule has 0 unspecified atom stereocenters. The van der Waals surface area contributed by atoms with Gasteiger partial charge in [-0.1, -0.05) is 12.1 Å². The lowest BCUT2D eigenvalue weighted by molar-refractivity contribution is -0.148. The summed E-state index contributed by atoms with van der Waals surface area (Å²) in [6.07, 6.45) is 1.35. The van der Waals surface area contributed by atoms with Gasteiger partial charge in [-0.05, 0) is 31.5 Å². The molecule has 27 heavy (non-hydrogen) atoms. The Bertz CT molecular complexity index is 997. The third kappa shape index (κ3) is 4.06. The van der Waals surface area contributed by atoms with Crippen LogP contribution in [0.2, 0.25) is 0 Å². The fourth-order valence-corrected chi connectivity index (χ4v) is 3.55. The number of fused-ring (bicyclic) bond motifs is 1. The number of benzene rings is 1. The predicted molar refractivity (Wildman–Crippen MR) is 101 cm³/mol. The molecule has 2 aromatic heterocycles. The Morgan fingerprint density at radius 1 is 1.30 bits per heavy atom. The quantitative estimate of drug-likeness (QED) is 0.457. The minimum Gasteiger partial charge on any atom is -0.462 e. The van der Waals surface area contributed by atoms with E-state index in [2.05, 4.69) is 4.98 Å². The zero-order valence-corrected chi connectivity index (χ0v) is 15.8. The molecular weight excluding hydrogens is 371 g/mol. The zero-order valence-electron chi connectivity index (χ0n) is 15.0. The van der Waals surface area contributed by atoms with Crippen molar-refractivity contribution in [1.29, 1.82) is 0 Å². The maximum Gasteiger partial charge on any atom is 0.329 e. The third-order valence-electron chi connectivity index (χ3n) is 4.11. The van der Waals surface area contributed by atoms with Crippen LogP contribution in [-0.2, 0) is 14.3 Å². The number of rotatable bonds is 7. The molecule has 2 heterocycles. The highest BCUT2D eigenvalue weighted by molar-refractivity contribution is 7.17. The van der Waals surface area contributed by atoms with Crippen LogP contribution in [0.1, 0.15) is 19.9 Å². The second-order valence-electron chi connectivity index (χ2n) is 5.83. The number of nitrogens with zero attached hydrogens (tertiary/aromatic N) is 2. The minimum absolute atomic E-state index is 0.126. The molecule has 8 heteroatoms. The van der Waals surface area contributed by atoms with Crippen molar-refractivity contribution >= 4 is 27.5 Å². The van der Waals surface area contributed by atoms with Crippen LogP contribution in [0.25, 0.3) is 21.3 Å². The molecule has 3 aromatic rings. The van der Waals surface area contributed by atoms with Crippen LogP contribution in [0.4, 0.5) is 4.39 Å². The molecule has 0 radical (unpaired) electrons. The number of carbonyl (C=O) groups is 1. The average molecular weight is 390 g/mol. The van der Waals surface area contributed by atoms with E-state index in [1.54, 1.807) is 19.1 Å². The van der Waals surface area contributed by atoms with E-state index >= 15 is 0 Å². The van der Waals surface area contributed by atoms with Crippen LogP contribution in [0.15, 0.2) is 40.8 Å². The maximum absolute atomic E-state index is 13.2. The molecule has 0 N–H and O–H groups in total. The maximum atomic E-state index is 13.2. The van der Waals surface area contributed by atoms with Gasteiger partial charge < -0.3 is 9.47 Å². The average Bonchev–Trinajstić information content (AvgIpc) is 3.10. The first-order valence-corrected chi connectivity index (χ1v) is 9.39. The summed E-state index contributed by atoms with van der Waals surface area (Å²) in [7, 11) is 0. The smallest absolute Gasteiger partial charge is 0.329 e. The van der Waals surface area contributed by atoms with E-state index in [1.807, 2.05) is 12.3 Å². The van der Waals surface area contributed by atoms with Gasteiger partial charge in [0.15, 0.2) is 0 Å². The number of aromatic nitrogens is 2. The molecular formula is C19H19FN2O4S. The van der Waals surface area contributed by atoms with Crippen LogP contribution < -0.4 is 5.56 Å². The molecule has 0 spiro atoms. The molecule has 0 aliphatic rings. The SMILES string of the molecule is CCOCCOC(=O)[C@H](C)n1cnc2scc(-c3ccc(F)cc3)c2c1=O. The van der Waals surface area contributed by atoms with Gasteiger partial charge >= 0.3 is 5.97 Å². The lowest BCUT2D eigenvalue weighted by Gasteiger charge is -2.14. The Labute approximate surface area is 159 Å². The number of carbonyl (C=O) groups excluding carboxylic acids is 1. The van der Waals surface area contributed by atoms with Gasteiger partial charge in [0.1, 0.15) is 23.3 Å². The van der Waals surface area contributed by atoms with Gasteiger partial charge in [0.05, 0.1) is 18.3 Å². The van der Waals surface area contributed by atoms with Gasteiger partial charge in [0, 0.05) is 17.6 Å².